The Bertz CT molecular complexity index is 511. The maximum Gasteiger partial charge on any atom is 0.350 e. The third-order valence-electron chi connectivity index (χ3n) is 2.73. The second-order valence-electron chi connectivity index (χ2n) is 3.89. The zero-order chi connectivity index (χ0) is 13.4. The molecule has 0 radical (unpaired) electrons. The highest BCUT2D eigenvalue weighted by atomic mass is 32.2. The summed E-state index contributed by atoms with van der Waals surface area (Å²) in [5, 5.41) is 26.8. The van der Waals surface area contributed by atoms with Gasteiger partial charge in [-0.25, -0.2) is 9.18 Å². The molecule has 18 heavy (non-hydrogen) atoms. The van der Waals surface area contributed by atoms with E-state index < -0.39 is 40.2 Å². The summed E-state index contributed by atoms with van der Waals surface area (Å²) in [7, 11) is 0. The molecule has 0 unspecified atom stereocenters. The molecule has 5 N–H and O–H groups in total. The maximum absolute atomic E-state index is 13.3. The molecular weight excluding hydrogens is 265 g/mol. The number of hydrogen-bond acceptors (Lipinski definition) is 7. The lowest BCUT2D eigenvalue weighted by Gasteiger charge is -2.17. The van der Waals surface area contributed by atoms with Gasteiger partial charge in [0.2, 0.25) is 0 Å². The highest BCUT2D eigenvalue weighted by Crippen LogP contribution is 2.40. The van der Waals surface area contributed by atoms with Crippen LogP contribution >= 0.6 is 11.8 Å². The van der Waals surface area contributed by atoms with Gasteiger partial charge in [0.25, 0.3) is 0 Å². The van der Waals surface area contributed by atoms with Gasteiger partial charge in [0, 0.05) is 6.20 Å². The monoisotopic (exact) mass is 277 g/mol. The van der Waals surface area contributed by atoms with E-state index in [-0.39, 0.29) is 6.61 Å². The van der Waals surface area contributed by atoms with Crippen LogP contribution in [-0.2, 0) is 0 Å². The molecule has 0 aromatic carbocycles. The topological polar surface area (TPSA) is 122 Å². The number of hydrogen-bond donors (Lipinski definition) is 4. The zero-order valence-electron chi connectivity index (χ0n) is 9.10. The summed E-state index contributed by atoms with van der Waals surface area (Å²) >= 11 is 0.974. The number of thioether (sulfide) groups is 1. The molecule has 2 rings (SSSR count). The lowest BCUT2D eigenvalue weighted by molar-refractivity contribution is 0.0100. The van der Waals surface area contributed by atoms with Crippen molar-refractivity contribution < 1.29 is 19.7 Å². The molecule has 9 heteroatoms. The number of anilines is 1. The fraction of sp³-hybridized carbons (Fsp3) is 0.556. The number of aromatic nitrogens is 2. The van der Waals surface area contributed by atoms with E-state index >= 15 is 0 Å². The number of rotatable bonds is 2. The van der Waals surface area contributed by atoms with Gasteiger partial charge < -0.3 is 21.1 Å². The van der Waals surface area contributed by atoms with Gasteiger partial charge >= 0.3 is 5.69 Å². The Kier molecular flexibility index (Phi) is 3.57. The number of aliphatic hydroxyl groups excluding tert-OH is 3. The third kappa shape index (κ3) is 2.09. The summed E-state index contributed by atoms with van der Waals surface area (Å²) in [6.45, 7) is -0.362. The van der Waals surface area contributed by atoms with Crippen molar-refractivity contribution in [2.45, 2.75) is 22.8 Å². The van der Waals surface area contributed by atoms with Crippen molar-refractivity contribution in [3.05, 3.63) is 22.5 Å². The first kappa shape index (κ1) is 13.3. The average Bonchev–Trinajstić information content (AvgIpc) is 2.61. The van der Waals surface area contributed by atoms with Gasteiger partial charge in [0.1, 0.15) is 11.5 Å². The van der Waals surface area contributed by atoms with Crippen molar-refractivity contribution in [1.82, 2.24) is 9.55 Å². The van der Waals surface area contributed by atoms with E-state index in [1.54, 1.807) is 0 Å². The van der Waals surface area contributed by atoms with E-state index in [0.717, 1.165) is 22.5 Å². The fourth-order valence-corrected chi connectivity index (χ4v) is 3.12. The molecule has 7 nitrogen and oxygen atoms in total. The molecule has 4 atom stereocenters. The summed E-state index contributed by atoms with van der Waals surface area (Å²) < 4.78 is 14.1. The lowest BCUT2D eigenvalue weighted by Crippen LogP contribution is -2.36. The number of nitrogen functional groups attached to an aromatic ring is 1. The van der Waals surface area contributed by atoms with Crippen LogP contribution in [0.3, 0.4) is 0 Å². The third-order valence-corrected chi connectivity index (χ3v) is 4.29. The first-order valence-corrected chi connectivity index (χ1v) is 6.06. The molecule has 0 aliphatic carbocycles. The molecule has 1 saturated heterocycles. The minimum Gasteiger partial charge on any atom is -0.395 e. The van der Waals surface area contributed by atoms with Crippen LogP contribution in [-0.4, -0.2) is 48.9 Å². The molecule has 1 aromatic heterocycles. The van der Waals surface area contributed by atoms with E-state index in [0.29, 0.717) is 0 Å². The predicted octanol–water partition coefficient (Wildman–Crippen LogP) is -1.71. The minimum atomic E-state index is -1.30. The smallest absolute Gasteiger partial charge is 0.350 e. The van der Waals surface area contributed by atoms with Crippen LogP contribution in [0.25, 0.3) is 0 Å². The lowest BCUT2D eigenvalue weighted by atomic mass is 10.1. The first-order valence-electron chi connectivity index (χ1n) is 5.12. The largest absolute Gasteiger partial charge is 0.395 e. The van der Waals surface area contributed by atoms with Crippen molar-refractivity contribution in [3.63, 3.8) is 0 Å². The fourth-order valence-electron chi connectivity index (χ4n) is 1.75. The average molecular weight is 277 g/mol. The number of nitrogens with zero attached hydrogens (tertiary/aromatic N) is 2. The Morgan fingerprint density at radius 1 is 1.50 bits per heavy atom. The molecule has 100 valence electrons. The summed E-state index contributed by atoms with van der Waals surface area (Å²) in [6, 6.07) is 0. The van der Waals surface area contributed by atoms with E-state index in [9.17, 15) is 19.4 Å². The van der Waals surface area contributed by atoms with Gasteiger partial charge in [0.05, 0.1) is 18.0 Å². The summed E-state index contributed by atoms with van der Waals surface area (Å²) in [6.07, 6.45) is -1.66. The molecule has 1 aliphatic rings. The minimum absolute atomic E-state index is 0.362. The summed E-state index contributed by atoms with van der Waals surface area (Å²) in [5.74, 6) is -1.41. The van der Waals surface area contributed by atoms with Gasteiger partial charge in [-0.15, -0.1) is 11.8 Å². The van der Waals surface area contributed by atoms with Crippen molar-refractivity contribution in [3.8, 4) is 0 Å². The normalized spacial score (nSPS) is 31.8. The Hall–Kier alpha value is -1.16. The molecule has 1 aliphatic heterocycles. The quantitative estimate of drug-likeness (QED) is 0.508. The van der Waals surface area contributed by atoms with Gasteiger partial charge in [-0.1, -0.05) is 0 Å². The van der Waals surface area contributed by atoms with Crippen molar-refractivity contribution in [2.24, 2.45) is 0 Å². The Labute approximate surface area is 105 Å². The van der Waals surface area contributed by atoms with Crippen LogP contribution in [0.4, 0.5) is 10.2 Å². The van der Waals surface area contributed by atoms with Crippen LogP contribution in [0.15, 0.2) is 11.0 Å². The first-order chi connectivity index (χ1) is 8.45. The van der Waals surface area contributed by atoms with Gasteiger partial charge in [0.15, 0.2) is 11.6 Å². The van der Waals surface area contributed by atoms with Crippen LogP contribution in [0.2, 0.25) is 0 Å². The highest BCUT2D eigenvalue weighted by Gasteiger charge is 2.43. The van der Waals surface area contributed by atoms with Crippen LogP contribution in [0, 0.1) is 5.82 Å². The number of halogens is 1. The second kappa shape index (κ2) is 4.84. The van der Waals surface area contributed by atoms with E-state index in [1.807, 2.05) is 0 Å². The van der Waals surface area contributed by atoms with Gasteiger partial charge in [-0.2, -0.15) is 4.98 Å². The summed E-state index contributed by atoms with van der Waals surface area (Å²) in [4.78, 5) is 14.8. The standard InChI is InChI=1S/C9H12FN3O4S/c10-3-1-13(9(17)12-7(3)11)8-6(16)5(15)4(2-14)18-8/h1,4-6,8,14-16H,2H2,(H2,11,12,17)/t4-,5-,6-,8-/m0/s1. The molecule has 1 aromatic rings. The highest BCUT2D eigenvalue weighted by molar-refractivity contribution is 8.00. The van der Waals surface area contributed by atoms with Gasteiger partial charge in [-0.3, -0.25) is 4.57 Å². The maximum atomic E-state index is 13.3. The van der Waals surface area contributed by atoms with E-state index in [4.69, 9.17) is 10.8 Å². The number of nitrogens with two attached hydrogens (primary N) is 1. The van der Waals surface area contributed by atoms with Crippen molar-refractivity contribution in [1.29, 1.82) is 0 Å². The molecular formula is C9H12FN3O4S. The van der Waals surface area contributed by atoms with Crippen LogP contribution < -0.4 is 11.4 Å². The van der Waals surface area contributed by atoms with E-state index in [1.165, 1.54) is 0 Å². The Morgan fingerprint density at radius 2 is 2.17 bits per heavy atom. The molecule has 0 spiro atoms. The number of aliphatic hydroxyl groups is 3. The van der Waals surface area contributed by atoms with Crippen LogP contribution in [0.5, 0.6) is 0 Å². The SMILES string of the molecule is Nc1nc(=O)n([C@H]2S[C@@H](CO)[C@H](O)[C@@H]2O)cc1F. The van der Waals surface area contributed by atoms with E-state index in [2.05, 4.69) is 4.98 Å². The molecule has 2 heterocycles. The Balaban J connectivity index is 2.39. The molecule has 0 amide bonds. The van der Waals surface area contributed by atoms with Gasteiger partial charge in [-0.05, 0) is 0 Å². The molecule has 0 saturated carbocycles. The second-order valence-corrected chi connectivity index (χ2v) is 5.25. The molecule has 0 bridgehead atoms. The predicted molar refractivity (Wildman–Crippen MR) is 62.4 cm³/mol. The molecule has 1 fully saturated rings. The zero-order valence-corrected chi connectivity index (χ0v) is 9.92. The van der Waals surface area contributed by atoms with Crippen molar-refractivity contribution in [2.75, 3.05) is 12.3 Å². The Morgan fingerprint density at radius 3 is 2.72 bits per heavy atom. The van der Waals surface area contributed by atoms with Crippen molar-refractivity contribution >= 4 is 17.6 Å². The summed E-state index contributed by atoms with van der Waals surface area (Å²) in [5.41, 5.74) is 4.32. The van der Waals surface area contributed by atoms with Crippen LogP contribution in [0.1, 0.15) is 5.37 Å².